The molecule has 162 valence electrons. The number of carbonyl (C=O) groups is 1. The zero-order valence-corrected chi connectivity index (χ0v) is 18.1. The van der Waals surface area contributed by atoms with Crippen molar-refractivity contribution in [3.05, 3.63) is 77.7 Å². The Kier molecular flexibility index (Phi) is 5.64. The van der Waals surface area contributed by atoms with Gasteiger partial charge in [0.15, 0.2) is 0 Å². The molecule has 3 heterocycles. The number of hydrogen-bond donors (Lipinski definition) is 0. The van der Waals surface area contributed by atoms with Gasteiger partial charge >= 0.3 is 0 Å². The summed E-state index contributed by atoms with van der Waals surface area (Å²) < 4.78 is 5.20. The first-order valence-corrected chi connectivity index (χ1v) is 10.9. The molecule has 1 aliphatic heterocycles. The minimum Gasteiger partial charge on any atom is -0.361 e. The highest BCUT2D eigenvalue weighted by atomic mass is 16.5. The first kappa shape index (κ1) is 20.3. The average molecular weight is 428 g/mol. The number of amides is 1. The summed E-state index contributed by atoms with van der Waals surface area (Å²) in [5.41, 5.74) is 3.81. The van der Waals surface area contributed by atoms with Crippen LogP contribution in [0, 0.1) is 6.92 Å². The van der Waals surface area contributed by atoms with Crippen molar-refractivity contribution in [1.82, 2.24) is 25.2 Å². The van der Waals surface area contributed by atoms with E-state index in [0.29, 0.717) is 24.3 Å². The van der Waals surface area contributed by atoms with Gasteiger partial charge in [-0.05, 0) is 19.4 Å². The summed E-state index contributed by atoms with van der Waals surface area (Å²) in [6.07, 6.45) is 0.902. The zero-order chi connectivity index (χ0) is 21.9. The smallest absolute Gasteiger partial charge is 0.256 e. The minimum atomic E-state index is 0.00841. The second-order valence-corrected chi connectivity index (χ2v) is 8.16. The Morgan fingerprint density at radius 2 is 1.78 bits per heavy atom. The third kappa shape index (κ3) is 4.11. The molecule has 0 bridgehead atoms. The number of nitrogens with zero attached hydrogens (tertiary/aromatic N) is 5. The molecule has 1 amide bonds. The van der Waals surface area contributed by atoms with Crippen LogP contribution in [-0.4, -0.2) is 57.2 Å². The molecule has 0 saturated carbocycles. The lowest BCUT2D eigenvalue weighted by molar-refractivity contribution is 0.0763. The lowest BCUT2D eigenvalue weighted by Gasteiger charge is -2.23. The van der Waals surface area contributed by atoms with Crippen LogP contribution in [0.15, 0.2) is 65.2 Å². The van der Waals surface area contributed by atoms with Gasteiger partial charge in [-0.2, -0.15) is 0 Å². The summed E-state index contributed by atoms with van der Waals surface area (Å²) in [4.78, 5) is 18.1. The van der Waals surface area contributed by atoms with E-state index in [1.165, 1.54) is 0 Å². The average Bonchev–Trinajstić information content (AvgIpc) is 3.10. The van der Waals surface area contributed by atoms with Gasteiger partial charge in [-0.1, -0.05) is 53.7 Å². The molecule has 0 N–H and O–H groups in total. The van der Waals surface area contributed by atoms with Crippen molar-refractivity contribution in [3.63, 3.8) is 0 Å². The number of fused-ring (bicyclic) bond motifs is 1. The van der Waals surface area contributed by atoms with Gasteiger partial charge in [0.25, 0.3) is 5.91 Å². The van der Waals surface area contributed by atoms with Crippen molar-refractivity contribution in [2.24, 2.45) is 0 Å². The lowest BCUT2D eigenvalue weighted by atomic mass is 10.0. The minimum absolute atomic E-state index is 0.00841. The Bertz CT molecular complexity index is 1240. The predicted molar refractivity (Wildman–Crippen MR) is 122 cm³/mol. The maximum Gasteiger partial charge on any atom is 0.256 e. The fraction of sp³-hybridized carbons (Fsp3) is 0.280. The molecule has 2 aromatic heterocycles. The standard InChI is InChI=1S/C25H25N5O2/c1-18-16-20(28-32-18)17-29-12-7-13-30(15-14-29)25(31)23-21-10-5-6-11-22(21)26-27-24(23)19-8-3-2-4-9-19/h2-6,8-11,16H,7,12-15,17H2,1H3. The van der Waals surface area contributed by atoms with Crippen molar-refractivity contribution in [2.75, 3.05) is 26.2 Å². The SMILES string of the molecule is Cc1cc(CN2CCCN(C(=O)c3c(-c4ccccc4)nnc4ccccc34)CC2)no1. The van der Waals surface area contributed by atoms with E-state index in [4.69, 9.17) is 4.52 Å². The summed E-state index contributed by atoms with van der Waals surface area (Å²) >= 11 is 0. The van der Waals surface area contributed by atoms with Gasteiger partial charge < -0.3 is 9.42 Å². The van der Waals surface area contributed by atoms with Gasteiger partial charge in [-0.15, -0.1) is 10.2 Å². The Hall–Kier alpha value is -3.58. The molecule has 2 aromatic carbocycles. The van der Waals surface area contributed by atoms with Crippen molar-refractivity contribution in [3.8, 4) is 11.3 Å². The molecular weight excluding hydrogens is 402 g/mol. The third-order valence-corrected chi connectivity index (χ3v) is 5.87. The second kappa shape index (κ2) is 8.88. The van der Waals surface area contributed by atoms with Gasteiger partial charge in [0.2, 0.25) is 0 Å². The predicted octanol–water partition coefficient (Wildman–Crippen LogP) is 3.94. The highest BCUT2D eigenvalue weighted by Crippen LogP contribution is 2.28. The molecule has 0 radical (unpaired) electrons. The first-order chi connectivity index (χ1) is 15.7. The summed E-state index contributed by atoms with van der Waals surface area (Å²) in [5.74, 6) is 0.825. The van der Waals surface area contributed by atoms with E-state index in [-0.39, 0.29) is 5.91 Å². The fourth-order valence-corrected chi connectivity index (χ4v) is 4.28. The molecule has 32 heavy (non-hydrogen) atoms. The van der Waals surface area contributed by atoms with Crippen LogP contribution < -0.4 is 0 Å². The number of aryl methyl sites for hydroxylation is 1. The maximum absolute atomic E-state index is 13.8. The number of hydrogen-bond acceptors (Lipinski definition) is 6. The van der Waals surface area contributed by atoms with E-state index in [0.717, 1.165) is 54.0 Å². The highest BCUT2D eigenvalue weighted by molar-refractivity contribution is 6.10. The molecule has 1 fully saturated rings. The summed E-state index contributed by atoms with van der Waals surface area (Å²) in [7, 11) is 0. The molecule has 0 unspecified atom stereocenters. The van der Waals surface area contributed by atoms with Crippen molar-refractivity contribution in [1.29, 1.82) is 0 Å². The molecule has 1 saturated heterocycles. The third-order valence-electron chi connectivity index (χ3n) is 5.87. The Morgan fingerprint density at radius 1 is 0.969 bits per heavy atom. The van der Waals surface area contributed by atoms with E-state index in [1.54, 1.807) is 0 Å². The highest BCUT2D eigenvalue weighted by Gasteiger charge is 2.26. The maximum atomic E-state index is 13.8. The van der Waals surface area contributed by atoms with Crippen LogP contribution in [0.5, 0.6) is 0 Å². The van der Waals surface area contributed by atoms with Crippen LogP contribution in [-0.2, 0) is 6.54 Å². The molecule has 0 aliphatic carbocycles. The number of rotatable bonds is 4. The van der Waals surface area contributed by atoms with Gasteiger partial charge in [0.05, 0.1) is 16.8 Å². The van der Waals surface area contributed by atoms with Gasteiger partial charge in [0.1, 0.15) is 11.5 Å². The van der Waals surface area contributed by atoms with E-state index < -0.39 is 0 Å². The molecule has 7 heteroatoms. The molecule has 4 aromatic rings. The Labute approximate surface area is 186 Å². The molecule has 0 spiro atoms. The first-order valence-electron chi connectivity index (χ1n) is 10.9. The Morgan fingerprint density at radius 3 is 2.59 bits per heavy atom. The van der Waals surface area contributed by atoms with E-state index in [2.05, 4.69) is 20.3 Å². The van der Waals surface area contributed by atoms with E-state index >= 15 is 0 Å². The largest absolute Gasteiger partial charge is 0.361 e. The topological polar surface area (TPSA) is 75.4 Å². The molecule has 1 aliphatic rings. The summed E-state index contributed by atoms with van der Waals surface area (Å²) in [5, 5.41) is 13.8. The van der Waals surface area contributed by atoms with Crippen LogP contribution in [0.4, 0.5) is 0 Å². The fourth-order valence-electron chi connectivity index (χ4n) is 4.28. The van der Waals surface area contributed by atoms with Gasteiger partial charge in [0, 0.05) is 49.7 Å². The second-order valence-electron chi connectivity index (χ2n) is 8.16. The summed E-state index contributed by atoms with van der Waals surface area (Å²) in [6, 6.07) is 19.5. The van der Waals surface area contributed by atoms with Gasteiger partial charge in [-0.3, -0.25) is 9.69 Å². The van der Waals surface area contributed by atoms with Crippen LogP contribution in [0.3, 0.4) is 0 Å². The Balaban J connectivity index is 1.44. The van der Waals surface area contributed by atoms with Crippen molar-refractivity contribution < 1.29 is 9.32 Å². The van der Waals surface area contributed by atoms with Crippen LogP contribution in [0.25, 0.3) is 22.2 Å². The monoisotopic (exact) mass is 427 g/mol. The van der Waals surface area contributed by atoms with E-state index in [9.17, 15) is 4.79 Å². The van der Waals surface area contributed by atoms with Crippen molar-refractivity contribution >= 4 is 16.8 Å². The van der Waals surface area contributed by atoms with Crippen LogP contribution in [0.1, 0.15) is 28.2 Å². The molecule has 0 atom stereocenters. The molecule has 5 rings (SSSR count). The lowest BCUT2D eigenvalue weighted by Crippen LogP contribution is -2.35. The van der Waals surface area contributed by atoms with Crippen LogP contribution >= 0.6 is 0 Å². The molecule has 7 nitrogen and oxygen atoms in total. The van der Waals surface area contributed by atoms with Crippen LogP contribution in [0.2, 0.25) is 0 Å². The van der Waals surface area contributed by atoms with E-state index in [1.807, 2.05) is 72.5 Å². The quantitative estimate of drug-likeness (QED) is 0.491. The van der Waals surface area contributed by atoms with Crippen molar-refractivity contribution in [2.45, 2.75) is 19.9 Å². The normalized spacial score (nSPS) is 15.1. The molecular formula is C25H25N5O2. The summed E-state index contributed by atoms with van der Waals surface area (Å²) in [6.45, 7) is 5.69. The number of carbonyl (C=O) groups excluding carboxylic acids is 1. The number of aromatic nitrogens is 3. The van der Waals surface area contributed by atoms with Gasteiger partial charge in [-0.25, -0.2) is 0 Å². The zero-order valence-electron chi connectivity index (χ0n) is 18.1. The number of benzene rings is 2.